The Morgan fingerprint density at radius 3 is 2.36 bits per heavy atom. The fourth-order valence-electron chi connectivity index (χ4n) is 3.31. The second kappa shape index (κ2) is 9.30. The number of nitrogens with one attached hydrogen (secondary N) is 1. The highest BCUT2D eigenvalue weighted by atomic mass is 32.1. The fourth-order valence-corrected chi connectivity index (χ4v) is 4.18. The summed E-state index contributed by atoms with van der Waals surface area (Å²) >= 11 is 1.65. The highest BCUT2D eigenvalue weighted by Crippen LogP contribution is 2.30. The van der Waals surface area contributed by atoms with Crippen LogP contribution in [0.1, 0.15) is 22.4 Å². The molecule has 0 aliphatic carbocycles. The lowest BCUT2D eigenvalue weighted by atomic mass is 10.1. The second-order valence-corrected chi connectivity index (χ2v) is 9.10. The molecule has 1 aromatic carbocycles. The third-order valence-corrected chi connectivity index (χ3v) is 5.97. The van der Waals surface area contributed by atoms with Gasteiger partial charge in [-0.15, -0.1) is 11.3 Å². The number of aryl methyl sites for hydroxylation is 2. The molecule has 4 rings (SSSR count). The molecule has 0 aliphatic heterocycles. The van der Waals surface area contributed by atoms with Gasteiger partial charge in [-0.1, -0.05) is 24.3 Å². The number of benzene rings is 1. The topological polar surface area (TPSA) is 66.8 Å². The Labute approximate surface area is 193 Å². The van der Waals surface area contributed by atoms with Crippen LogP contribution in [-0.4, -0.2) is 40.6 Å². The van der Waals surface area contributed by atoms with E-state index in [1.807, 2.05) is 43.3 Å². The molecule has 6 nitrogen and oxygen atoms in total. The van der Waals surface area contributed by atoms with Crippen molar-refractivity contribution in [3.63, 3.8) is 0 Å². The minimum absolute atomic E-state index is 0.270. The van der Waals surface area contributed by atoms with Crippen LogP contribution in [0.25, 0.3) is 21.6 Å². The highest BCUT2D eigenvalue weighted by Gasteiger charge is 2.31. The molecule has 0 spiro atoms. The van der Waals surface area contributed by atoms with Crippen molar-refractivity contribution in [1.82, 2.24) is 19.9 Å². The number of hydrogen-bond donors (Lipinski definition) is 1. The zero-order chi connectivity index (χ0) is 23.6. The van der Waals surface area contributed by atoms with E-state index in [2.05, 4.69) is 38.2 Å². The first kappa shape index (κ1) is 22.9. The largest absolute Gasteiger partial charge is 0.419 e. The summed E-state index contributed by atoms with van der Waals surface area (Å²) in [6, 6.07) is 9.66. The third kappa shape index (κ3) is 5.39. The van der Waals surface area contributed by atoms with Crippen molar-refractivity contribution >= 4 is 33.3 Å². The summed E-state index contributed by atoms with van der Waals surface area (Å²) in [7, 11) is 3.84. The Morgan fingerprint density at radius 1 is 1.03 bits per heavy atom. The number of aromatic nitrogens is 4. The van der Waals surface area contributed by atoms with Gasteiger partial charge in [-0.05, 0) is 31.4 Å². The first-order chi connectivity index (χ1) is 15.7. The maximum absolute atomic E-state index is 12.7. The molecule has 0 saturated carbocycles. The number of fused-ring (bicyclic) bond motifs is 1. The van der Waals surface area contributed by atoms with Gasteiger partial charge in [0.15, 0.2) is 5.82 Å². The molecule has 10 heteroatoms. The van der Waals surface area contributed by atoms with Crippen molar-refractivity contribution in [3.05, 3.63) is 58.7 Å². The molecule has 0 aliphatic rings. The van der Waals surface area contributed by atoms with E-state index in [9.17, 15) is 13.2 Å². The Kier molecular flexibility index (Phi) is 6.46. The van der Waals surface area contributed by atoms with Crippen LogP contribution in [0.2, 0.25) is 0 Å². The number of halogens is 3. The smallest absolute Gasteiger partial charge is 0.369 e. The van der Waals surface area contributed by atoms with Crippen molar-refractivity contribution in [2.75, 3.05) is 30.9 Å². The molecule has 0 bridgehead atoms. The fraction of sp³-hybridized carbons (Fsp3) is 0.304. The molecule has 0 unspecified atom stereocenters. The standard InChI is InChI=1S/C23H23F3N6S/c1-14-11-18-20(30-22(32(2)3)31-21(18)33-14)27-10-4-5-15-6-8-16(9-7-15)19-28-12-17(13-29-19)23(24,25)26/h6-9,11-13H,4-5,10H2,1-3H3,(H,27,30,31). The number of anilines is 2. The first-order valence-electron chi connectivity index (χ1n) is 10.4. The lowest BCUT2D eigenvalue weighted by Gasteiger charge is -2.13. The third-order valence-electron chi connectivity index (χ3n) is 5.03. The highest BCUT2D eigenvalue weighted by molar-refractivity contribution is 7.18. The van der Waals surface area contributed by atoms with E-state index >= 15 is 0 Å². The summed E-state index contributed by atoms with van der Waals surface area (Å²) in [4.78, 5) is 21.0. The van der Waals surface area contributed by atoms with E-state index in [4.69, 9.17) is 0 Å². The van der Waals surface area contributed by atoms with Crippen LogP contribution in [0, 0.1) is 6.92 Å². The van der Waals surface area contributed by atoms with Gasteiger partial charge in [-0.2, -0.15) is 18.2 Å². The van der Waals surface area contributed by atoms with Crippen LogP contribution >= 0.6 is 11.3 Å². The van der Waals surface area contributed by atoms with Crippen molar-refractivity contribution < 1.29 is 13.2 Å². The summed E-state index contributed by atoms with van der Waals surface area (Å²) in [5.41, 5.74) is 0.949. The molecule has 0 saturated heterocycles. The van der Waals surface area contributed by atoms with E-state index in [0.29, 0.717) is 11.5 Å². The Balaban J connectivity index is 1.36. The van der Waals surface area contributed by atoms with Gasteiger partial charge in [0.1, 0.15) is 10.6 Å². The molecule has 172 valence electrons. The number of thiophene rings is 1. The van der Waals surface area contributed by atoms with Crippen LogP contribution in [0.4, 0.5) is 24.9 Å². The molecule has 0 radical (unpaired) electrons. The molecule has 3 heterocycles. The number of hydrogen-bond acceptors (Lipinski definition) is 7. The van der Waals surface area contributed by atoms with Crippen molar-refractivity contribution in [1.29, 1.82) is 0 Å². The Hall–Kier alpha value is -3.27. The average molecular weight is 473 g/mol. The average Bonchev–Trinajstić information content (AvgIpc) is 3.17. The van der Waals surface area contributed by atoms with E-state index in [0.717, 1.165) is 53.4 Å². The van der Waals surface area contributed by atoms with E-state index in [1.54, 1.807) is 11.3 Å². The van der Waals surface area contributed by atoms with Crippen molar-refractivity contribution in [2.45, 2.75) is 25.9 Å². The lowest BCUT2D eigenvalue weighted by Crippen LogP contribution is -2.14. The minimum Gasteiger partial charge on any atom is -0.369 e. The lowest BCUT2D eigenvalue weighted by molar-refractivity contribution is -0.138. The van der Waals surface area contributed by atoms with E-state index in [1.165, 1.54) is 4.88 Å². The zero-order valence-electron chi connectivity index (χ0n) is 18.4. The van der Waals surface area contributed by atoms with E-state index in [-0.39, 0.29) is 5.82 Å². The molecular weight excluding hydrogens is 449 g/mol. The van der Waals surface area contributed by atoms with Crippen LogP contribution < -0.4 is 10.2 Å². The van der Waals surface area contributed by atoms with Gasteiger partial charge >= 0.3 is 6.18 Å². The normalized spacial score (nSPS) is 11.7. The van der Waals surface area contributed by atoms with Crippen LogP contribution in [0.15, 0.2) is 42.7 Å². The summed E-state index contributed by atoms with van der Waals surface area (Å²) in [5.74, 6) is 1.78. The predicted molar refractivity (Wildman–Crippen MR) is 126 cm³/mol. The molecule has 4 aromatic rings. The van der Waals surface area contributed by atoms with Gasteiger partial charge < -0.3 is 10.2 Å². The molecular formula is C23H23F3N6S. The van der Waals surface area contributed by atoms with Gasteiger partial charge in [0.25, 0.3) is 0 Å². The van der Waals surface area contributed by atoms with Crippen molar-refractivity contribution in [2.24, 2.45) is 0 Å². The van der Waals surface area contributed by atoms with Gasteiger partial charge in [0.2, 0.25) is 5.95 Å². The first-order valence-corrected chi connectivity index (χ1v) is 11.2. The quantitative estimate of drug-likeness (QED) is 0.354. The van der Waals surface area contributed by atoms with Gasteiger partial charge in [-0.25, -0.2) is 15.0 Å². The van der Waals surface area contributed by atoms with Crippen LogP contribution in [0.3, 0.4) is 0 Å². The molecule has 0 amide bonds. The minimum atomic E-state index is -4.44. The maximum Gasteiger partial charge on any atom is 0.419 e. The van der Waals surface area contributed by atoms with Gasteiger partial charge in [-0.3, -0.25) is 0 Å². The number of rotatable bonds is 7. The molecule has 33 heavy (non-hydrogen) atoms. The van der Waals surface area contributed by atoms with Crippen LogP contribution in [0.5, 0.6) is 0 Å². The predicted octanol–water partition coefficient (Wildman–Crippen LogP) is 5.59. The molecule has 1 N–H and O–H groups in total. The van der Waals surface area contributed by atoms with E-state index < -0.39 is 11.7 Å². The van der Waals surface area contributed by atoms with Gasteiger partial charge in [0, 0.05) is 43.5 Å². The van der Waals surface area contributed by atoms with Gasteiger partial charge in [0.05, 0.1) is 10.9 Å². The Morgan fingerprint density at radius 2 is 1.73 bits per heavy atom. The summed E-state index contributed by atoms with van der Waals surface area (Å²) in [6.07, 6.45) is -1.09. The summed E-state index contributed by atoms with van der Waals surface area (Å²) in [5, 5.41) is 4.47. The van der Waals surface area contributed by atoms with Crippen molar-refractivity contribution in [3.8, 4) is 11.4 Å². The monoisotopic (exact) mass is 472 g/mol. The molecule has 0 atom stereocenters. The molecule has 0 fully saturated rings. The number of alkyl halides is 3. The SMILES string of the molecule is Cc1cc2c(NCCCc3ccc(-c4ncc(C(F)(F)F)cn4)cc3)nc(N(C)C)nc2s1. The second-order valence-electron chi connectivity index (χ2n) is 7.86. The maximum atomic E-state index is 12.7. The summed E-state index contributed by atoms with van der Waals surface area (Å²) in [6.45, 7) is 2.81. The van der Waals surface area contributed by atoms with Crippen LogP contribution in [-0.2, 0) is 12.6 Å². The Bertz CT molecular complexity index is 1230. The zero-order valence-corrected chi connectivity index (χ0v) is 19.3. The number of nitrogens with zero attached hydrogens (tertiary/aromatic N) is 5. The summed E-state index contributed by atoms with van der Waals surface area (Å²) < 4.78 is 38.0. The molecule has 3 aromatic heterocycles.